The van der Waals surface area contributed by atoms with Crippen LogP contribution in [0.5, 0.6) is 5.75 Å². The summed E-state index contributed by atoms with van der Waals surface area (Å²) in [5.41, 5.74) is 1.88. The molecule has 4 rings (SSSR count). The number of thiazole rings is 1. The number of amides is 1. The van der Waals surface area contributed by atoms with Crippen LogP contribution in [-0.2, 0) is 16.1 Å². The highest BCUT2D eigenvalue weighted by Gasteiger charge is 2.22. The number of non-ortho nitro benzene ring substituents is 1. The highest BCUT2D eigenvalue weighted by atomic mass is 32.1. The third-order valence-electron chi connectivity index (χ3n) is 4.94. The number of nitro groups is 1. The molecule has 0 saturated carbocycles. The number of para-hydroxylation sites is 1. The molecule has 1 amide bonds. The summed E-state index contributed by atoms with van der Waals surface area (Å²) >= 11 is 1.55. The molecule has 8 nitrogen and oxygen atoms in total. The van der Waals surface area contributed by atoms with Gasteiger partial charge in [0.2, 0.25) is 5.91 Å². The molecule has 3 aromatic rings. The lowest BCUT2D eigenvalue weighted by Crippen LogP contribution is -2.27. The maximum absolute atomic E-state index is 12.7. The lowest BCUT2D eigenvalue weighted by Gasteiger charge is -2.22. The zero-order valence-electron chi connectivity index (χ0n) is 16.4. The fourth-order valence-electron chi connectivity index (χ4n) is 3.16. The second kappa shape index (κ2) is 8.21. The van der Waals surface area contributed by atoms with Crippen molar-refractivity contribution in [1.29, 1.82) is 0 Å². The number of hydrogen-bond acceptors (Lipinski definition) is 7. The molecule has 2 heterocycles. The fraction of sp³-hybridized carbons (Fsp3) is 0.238. The highest BCUT2D eigenvalue weighted by molar-refractivity contribution is 7.18. The van der Waals surface area contributed by atoms with Crippen molar-refractivity contribution in [1.82, 2.24) is 9.88 Å². The van der Waals surface area contributed by atoms with E-state index in [1.165, 1.54) is 18.2 Å². The van der Waals surface area contributed by atoms with Crippen LogP contribution in [0, 0.1) is 10.1 Å². The second-order valence-electron chi connectivity index (χ2n) is 6.87. The van der Waals surface area contributed by atoms with Gasteiger partial charge in [-0.3, -0.25) is 14.9 Å². The average molecular weight is 425 g/mol. The molecule has 0 N–H and O–H groups in total. The van der Waals surface area contributed by atoms with Gasteiger partial charge in [0.1, 0.15) is 10.8 Å². The number of carbonyl (C=O) groups excluding carboxylic acids is 1. The number of likely N-dealkylation sites (N-methyl/N-ethyl adjacent to an activating group) is 1. The first kappa shape index (κ1) is 20.0. The minimum Gasteiger partial charge on any atom is -0.467 e. The molecule has 2 aromatic carbocycles. The molecule has 0 spiro atoms. The summed E-state index contributed by atoms with van der Waals surface area (Å²) in [6, 6.07) is 10.4. The molecular weight excluding hydrogens is 406 g/mol. The molecule has 9 heteroatoms. The van der Waals surface area contributed by atoms with E-state index < -0.39 is 4.92 Å². The standard InChI is InChI=1S/C21H19N3O5S/c1-13(21-22-17-5-3-4-6-18(17)30-21)23(2)19(25)8-7-14-9-16(24(26)27)10-15-11-28-12-29-20(14)15/h3-10,13H,11-12H2,1-2H3/b8-7-/t13-/m1/s1. The van der Waals surface area contributed by atoms with Crippen LogP contribution >= 0.6 is 11.3 Å². The van der Waals surface area contributed by atoms with Gasteiger partial charge in [-0.1, -0.05) is 12.1 Å². The number of ether oxygens (including phenoxy) is 2. The maximum Gasteiger partial charge on any atom is 0.270 e. The molecule has 0 unspecified atom stereocenters. The third kappa shape index (κ3) is 3.89. The topological polar surface area (TPSA) is 94.8 Å². The first-order valence-electron chi connectivity index (χ1n) is 9.26. The minimum absolute atomic E-state index is 0.0636. The number of fused-ring (bicyclic) bond motifs is 2. The van der Waals surface area contributed by atoms with E-state index in [0.29, 0.717) is 16.9 Å². The Morgan fingerprint density at radius 1 is 1.37 bits per heavy atom. The monoisotopic (exact) mass is 425 g/mol. The molecule has 30 heavy (non-hydrogen) atoms. The van der Waals surface area contributed by atoms with Crippen molar-refractivity contribution in [2.45, 2.75) is 19.6 Å². The summed E-state index contributed by atoms with van der Waals surface area (Å²) in [5.74, 6) is 0.256. The number of rotatable bonds is 5. The first-order chi connectivity index (χ1) is 14.4. The molecule has 1 aromatic heterocycles. The van der Waals surface area contributed by atoms with Gasteiger partial charge < -0.3 is 14.4 Å². The summed E-state index contributed by atoms with van der Waals surface area (Å²) in [7, 11) is 1.71. The Morgan fingerprint density at radius 2 is 2.17 bits per heavy atom. The van der Waals surface area contributed by atoms with Crippen LogP contribution in [0.1, 0.15) is 29.1 Å². The van der Waals surface area contributed by atoms with E-state index in [9.17, 15) is 14.9 Å². The van der Waals surface area contributed by atoms with Gasteiger partial charge in [-0.05, 0) is 25.1 Å². The summed E-state index contributed by atoms with van der Waals surface area (Å²) in [6.45, 7) is 2.20. The van der Waals surface area contributed by atoms with Crippen molar-refractivity contribution in [3.8, 4) is 5.75 Å². The van der Waals surface area contributed by atoms with Crippen LogP contribution in [0.2, 0.25) is 0 Å². The summed E-state index contributed by atoms with van der Waals surface area (Å²) < 4.78 is 11.8. The minimum atomic E-state index is -0.477. The maximum atomic E-state index is 12.7. The molecule has 0 fully saturated rings. The van der Waals surface area contributed by atoms with Crippen molar-refractivity contribution >= 4 is 39.2 Å². The molecular formula is C21H19N3O5S. The lowest BCUT2D eigenvalue weighted by molar-refractivity contribution is -0.385. The Labute approximate surface area is 176 Å². The lowest BCUT2D eigenvalue weighted by atomic mass is 10.1. The van der Waals surface area contributed by atoms with Crippen molar-refractivity contribution < 1.29 is 19.2 Å². The van der Waals surface area contributed by atoms with Crippen LogP contribution in [0.15, 0.2) is 42.5 Å². The van der Waals surface area contributed by atoms with E-state index in [0.717, 1.165) is 15.2 Å². The van der Waals surface area contributed by atoms with E-state index in [1.54, 1.807) is 29.4 Å². The molecule has 0 radical (unpaired) electrons. The molecule has 1 aliphatic rings. The summed E-state index contributed by atoms with van der Waals surface area (Å²) in [4.78, 5) is 29.7. The van der Waals surface area contributed by atoms with Crippen molar-refractivity contribution in [3.63, 3.8) is 0 Å². The summed E-state index contributed by atoms with van der Waals surface area (Å²) in [6.07, 6.45) is 2.93. The van der Waals surface area contributed by atoms with E-state index >= 15 is 0 Å². The zero-order chi connectivity index (χ0) is 21.3. The molecule has 0 bridgehead atoms. The predicted octanol–water partition coefficient (Wildman–Crippen LogP) is 4.30. The highest BCUT2D eigenvalue weighted by Crippen LogP contribution is 2.34. The number of carbonyl (C=O) groups is 1. The number of aromatic nitrogens is 1. The van der Waals surface area contributed by atoms with E-state index in [2.05, 4.69) is 4.98 Å². The van der Waals surface area contributed by atoms with E-state index in [1.807, 2.05) is 31.2 Å². The van der Waals surface area contributed by atoms with Gasteiger partial charge in [0.25, 0.3) is 5.69 Å². The molecule has 1 atom stereocenters. The van der Waals surface area contributed by atoms with Crippen molar-refractivity contribution in [2.24, 2.45) is 0 Å². The third-order valence-corrected chi connectivity index (χ3v) is 6.14. The largest absolute Gasteiger partial charge is 0.467 e. The van der Waals surface area contributed by atoms with Crippen LogP contribution in [0.3, 0.4) is 0 Å². The number of nitro benzene ring substituents is 1. The van der Waals surface area contributed by atoms with Crippen LogP contribution in [0.25, 0.3) is 16.3 Å². The molecule has 0 saturated heterocycles. The van der Waals surface area contributed by atoms with E-state index in [4.69, 9.17) is 9.47 Å². The van der Waals surface area contributed by atoms with Crippen LogP contribution in [0.4, 0.5) is 5.69 Å². The van der Waals surface area contributed by atoms with Gasteiger partial charge >= 0.3 is 0 Å². The number of hydrogen-bond donors (Lipinski definition) is 0. The van der Waals surface area contributed by atoms with Gasteiger partial charge in [0.15, 0.2) is 6.79 Å². The second-order valence-corrected chi connectivity index (χ2v) is 7.93. The fourth-order valence-corrected chi connectivity index (χ4v) is 4.23. The Hall–Kier alpha value is -3.30. The molecule has 1 aliphatic heterocycles. The van der Waals surface area contributed by atoms with Gasteiger partial charge in [0.05, 0.1) is 27.8 Å². The normalized spacial score (nSPS) is 14.3. The Bertz CT molecular complexity index is 1120. The number of nitrogens with zero attached hydrogens (tertiary/aromatic N) is 3. The van der Waals surface area contributed by atoms with E-state index in [-0.39, 0.29) is 31.0 Å². The van der Waals surface area contributed by atoms with Gasteiger partial charge in [-0.15, -0.1) is 11.3 Å². The smallest absolute Gasteiger partial charge is 0.270 e. The average Bonchev–Trinajstić information content (AvgIpc) is 3.20. The van der Waals surface area contributed by atoms with Crippen molar-refractivity contribution in [2.75, 3.05) is 13.8 Å². The van der Waals surface area contributed by atoms with Gasteiger partial charge in [-0.2, -0.15) is 0 Å². The zero-order valence-corrected chi connectivity index (χ0v) is 17.2. The molecule has 0 aliphatic carbocycles. The van der Waals surface area contributed by atoms with Gasteiger partial charge in [-0.25, -0.2) is 4.98 Å². The predicted molar refractivity (Wildman–Crippen MR) is 113 cm³/mol. The summed E-state index contributed by atoms with van der Waals surface area (Å²) in [5, 5.41) is 12.1. The number of benzene rings is 2. The van der Waals surface area contributed by atoms with Gasteiger partial charge in [0, 0.05) is 36.4 Å². The SMILES string of the molecule is C[C@H](c1nc2ccccc2s1)N(C)C(=O)/C=C\c1cc([N+](=O)[O-])cc2c1OCOC2. The Kier molecular flexibility index (Phi) is 5.47. The Morgan fingerprint density at radius 3 is 2.93 bits per heavy atom. The first-order valence-corrected chi connectivity index (χ1v) is 10.1. The Balaban J connectivity index is 1.57. The quantitative estimate of drug-likeness (QED) is 0.344. The van der Waals surface area contributed by atoms with Crippen LogP contribution < -0.4 is 4.74 Å². The molecule has 154 valence electrons. The van der Waals surface area contributed by atoms with Crippen molar-refractivity contribution in [3.05, 3.63) is 68.7 Å². The van der Waals surface area contributed by atoms with Crippen LogP contribution in [-0.4, -0.2) is 34.6 Å².